The molecule has 2 atom stereocenters. The normalized spacial score (nSPS) is 16.4. The van der Waals surface area contributed by atoms with Gasteiger partial charge in [0.05, 0.1) is 11.0 Å². The Labute approximate surface area is 395 Å². The molecule has 3 aliphatic rings. The van der Waals surface area contributed by atoms with Gasteiger partial charge in [-0.1, -0.05) is 179 Å². The molecule has 2 nitrogen and oxygen atoms in total. The van der Waals surface area contributed by atoms with Crippen molar-refractivity contribution in [2.45, 2.75) is 85.0 Å². The second-order valence-corrected chi connectivity index (χ2v) is 19.7. The first kappa shape index (κ1) is 41.5. The van der Waals surface area contributed by atoms with Gasteiger partial charge in [-0.15, -0.1) is 0 Å². The molecule has 67 heavy (non-hydrogen) atoms. The fourth-order valence-corrected chi connectivity index (χ4v) is 12.0. The van der Waals surface area contributed by atoms with Gasteiger partial charge >= 0.3 is 0 Å². The highest BCUT2D eigenvalue weighted by Gasteiger charge is 2.25. The summed E-state index contributed by atoms with van der Waals surface area (Å²) in [6.45, 7) is 6.97. The molecule has 0 saturated heterocycles. The molecule has 12 rings (SSSR count). The van der Waals surface area contributed by atoms with Crippen LogP contribution in [0.2, 0.25) is 0 Å². The Morgan fingerprint density at radius 1 is 0.567 bits per heavy atom. The third-order valence-electron chi connectivity index (χ3n) is 15.3. The molecule has 3 aliphatic carbocycles. The largest absolute Gasteiger partial charge is 0.313 e. The van der Waals surface area contributed by atoms with Crippen molar-refractivity contribution in [1.29, 1.82) is 0 Å². The van der Waals surface area contributed by atoms with Crippen LogP contribution in [0.5, 0.6) is 0 Å². The van der Waals surface area contributed by atoms with Crippen molar-refractivity contribution in [3.05, 3.63) is 190 Å². The number of fused-ring (bicyclic) bond motifs is 8. The van der Waals surface area contributed by atoms with Crippen LogP contribution >= 0.6 is 0 Å². The molecule has 9 aromatic rings. The molecule has 0 spiro atoms. The van der Waals surface area contributed by atoms with E-state index in [-0.39, 0.29) is 0 Å². The van der Waals surface area contributed by atoms with Gasteiger partial charge in [-0.2, -0.15) is 0 Å². The van der Waals surface area contributed by atoms with E-state index in [1.807, 2.05) is 0 Å². The number of benzene rings is 7. The second kappa shape index (κ2) is 17.4. The zero-order valence-electron chi connectivity index (χ0n) is 39.4. The molecule has 2 heterocycles. The summed E-state index contributed by atoms with van der Waals surface area (Å²) in [7, 11) is 0. The molecule has 0 saturated carbocycles. The first-order valence-electron chi connectivity index (χ1n) is 25.3. The zero-order valence-corrected chi connectivity index (χ0v) is 39.4. The van der Waals surface area contributed by atoms with E-state index in [0.717, 1.165) is 19.3 Å². The predicted octanol–water partition coefficient (Wildman–Crippen LogP) is 16.2. The fraction of sp³-hybridized carbons (Fsp3) is 0.231. The minimum Gasteiger partial charge on any atom is -0.313 e. The Morgan fingerprint density at radius 3 is 2.00 bits per heavy atom. The first-order valence-corrected chi connectivity index (χ1v) is 25.3. The Bertz CT molecular complexity index is 3540. The highest BCUT2D eigenvalue weighted by Crippen LogP contribution is 2.46. The zero-order chi connectivity index (χ0) is 45.0. The molecule has 330 valence electrons. The number of unbranched alkanes of at least 4 members (excludes halogenated alkanes) is 2. The van der Waals surface area contributed by atoms with Crippen LogP contribution in [0.1, 0.15) is 94.5 Å². The molecule has 0 bridgehead atoms. The molecule has 2 aromatic heterocycles. The third-order valence-corrected chi connectivity index (χ3v) is 15.3. The molecule has 2 unspecified atom stereocenters. The maximum atomic E-state index is 2.63. The summed E-state index contributed by atoms with van der Waals surface area (Å²) in [6, 6.07) is 54.8. The number of nitrogens with zero attached hydrogens (tertiary/aromatic N) is 2. The van der Waals surface area contributed by atoms with Gasteiger partial charge in [-0.3, -0.25) is 0 Å². The van der Waals surface area contributed by atoms with E-state index < -0.39 is 0 Å². The van der Waals surface area contributed by atoms with Crippen molar-refractivity contribution in [3.63, 3.8) is 0 Å². The number of allylic oxidation sites excluding steroid dienone is 2. The second-order valence-electron chi connectivity index (χ2n) is 19.7. The fourth-order valence-electron chi connectivity index (χ4n) is 12.0. The van der Waals surface area contributed by atoms with E-state index in [4.69, 9.17) is 0 Å². The van der Waals surface area contributed by atoms with Crippen molar-refractivity contribution >= 4 is 56.9 Å². The Morgan fingerprint density at radius 2 is 1.22 bits per heavy atom. The molecule has 0 amide bonds. The van der Waals surface area contributed by atoms with E-state index in [1.165, 1.54) is 155 Å². The lowest BCUT2D eigenvalue weighted by molar-refractivity contribution is 0.590. The lowest BCUT2D eigenvalue weighted by Crippen LogP contribution is -2.33. The van der Waals surface area contributed by atoms with E-state index in [9.17, 15) is 0 Å². The number of hydrogen-bond acceptors (Lipinski definition) is 0. The standard InChI is InChI=1S/C65H60N2/c1-4-6-15-44-24-36-61-56(40-44)57-41-45(16-7-5-2)25-37-62(57)67(61)50-31-26-46(27-32-50)49-30-38-63-58(42-49)52-19-13-14-22-60(52)66(63)51-33-28-48(29-34-51)65-54-21-12-11-20-53(54)64(47-17-9-8-10-18-47)55-35-23-43(3)39-59(55)65/h8-14,17-23,26-36,38,40-44H,4-7,15-16,24-25,37,39H2,1-3H3. The number of para-hydroxylation sites is 1. The number of hydrogen-bond donors (Lipinski definition) is 0. The van der Waals surface area contributed by atoms with Crippen LogP contribution in [-0.2, 0) is 12.8 Å². The van der Waals surface area contributed by atoms with Crippen LogP contribution in [0.25, 0.3) is 102 Å². The Kier molecular flexibility index (Phi) is 10.8. The molecule has 0 N–H and O–H groups in total. The molecule has 0 fully saturated rings. The van der Waals surface area contributed by atoms with Crippen molar-refractivity contribution in [3.8, 4) is 44.8 Å². The van der Waals surface area contributed by atoms with E-state index in [2.05, 4.69) is 206 Å². The van der Waals surface area contributed by atoms with Crippen LogP contribution in [0, 0.1) is 11.8 Å². The van der Waals surface area contributed by atoms with Crippen LogP contribution in [-0.4, -0.2) is 9.13 Å². The average molecular weight is 869 g/mol. The molecular formula is C65H60N2. The van der Waals surface area contributed by atoms with Crippen molar-refractivity contribution < 1.29 is 0 Å². The number of aromatic nitrogens is 2. The summed E-state index contributed by atoms with van der Waals surface area (Å²) in [5.41, 5.74) is 20.1. The van der Waals surface area contributed by atoms with Gasteiger partial charge in [-0.25, -0.2) is 0 Å². The maximum absolute atomic E-state index is 2.63. The predicted molar refractivity (Wildman–Crippen MR) is 287 cm³/mol. The molecule has 0 aliphatic heterocycles. The van der Waals surface area contributed by atoms with Crippen LogP contribution < -0.4 is 10.6 Å². The highest BCUT2D eigenvalue weighted by molar-refractivity contribution is 6.12. The summed E-state index contributed by atoms with van der Waals surface area (Å²) in [5, 5.41) is 8.07. The topological polar surface area (TPSA) is 9.86 Å². The van der Waals surface area contributed by atoms with Crippen LogP contribution in [0.3, 0.4) is 0 Å². The first-order chi connectivity index (χ1) is 33.1. The van der Waals surface area contributed by atoms with E-state index in [1.54, 1.807) is 5.57 Å². The van der Waals surface area contributed by atoms with Gasteiger partial charge in [0.25, 0.3) is 0 Å². The summed E-state index contributed by atoms with van der Waals surface area (Å²) < 4.78 is 5.06. The summed E-state index contributed by atoms with van der Waals surface area (Å²) in [5.74, 6) is 1.12. The van der Waals surface area contributed by atoms with Gasteiger partial charge in [0.15, 0.2) is 0 Å². The van der Waals surface area contributed by atoms with Gasteiger partial charge in [0.2, 0.25) is 0 Å². The lowest BCUT2D eigenvalue weighted by atomic mass is 9.78. The quantitative estimate of drug-likeness (QED) is 0.123. The highest BCUT2D eigenvalue weighted by atomic mass is 15.0. The van der Waals surface area contributed by atoms with Gasteiger partial charge in [0.1, 0.15) is 0 Å². The van der Waals surface area contributed by atoms with E-state index in [0.29, 0.717) is 11.8 Å². The van der Waals surface area contributed by atoms with Crippen molar-refractivity contribution in [1.82, 2.24) is 9.13 Å². The molecule has 0 radical (unpaired) electrons. The Balaban J connectivity index is 0.913. The number of rotatable bonds is 11. The van der Waals surface area contributed by atoms with Gasteiger partial charge < -0.3 is 9.13 Å². The third kappa shape index (κ3) is 7.24. The lowest BCUT2D eigenvalue weighted by Gasteiger charge is -2.26. The summed E-state index contributed by atoms with van der Waals surface area (Å²) in [6.07, 6.45) is 24.6. The maximum Gasteiger partial charge on any atom is 0.0541 e. The monoisotopic (exact) mass is 868 g/mol. The molecule has 7 aromatic carbocycles. The minimum atomic E-state index is 0.479. The van der Waals surface area contributed by atoms with Gasteiger partial charge in [0, 0.05) is 44.0 Å². The summed E-state index contributed by atoms with van der Waals surface area (Å²) >= 11 is 0. The average Bonchev–Trinajstić information content (AvgIpc) is 3.88. The summed E-state index contributed by atoms with van der Waals surface area (Å²) in [4.78, 5) is 0. The van der Waals surface area contributed by atoms with Crippen LogP contribution in [0.4, 0.5) is 0 Å². The smallest absolute Gasteiger partial charge is 0.0541 e. The molecular weight excluding hydrogens is 809 g/mol. The molecule has 2 heteroatoms. The van der Waals surface area contributed by atoms with Gasteiger partial charge in [-0.05, 0) is 155 Å². The SMILES string of the molecule is CCCCC1=Cc2c(n(-c3ccc(-c4ccc5c(c4)c4ccccc4n5-c4ccc(-c5c6c(c(-c7ccccc7)c7ccccc57)C=CC(C)C6)cc4)cc3)c3c2=CC(CCCC)CC=3)CC1. The van der Waals surface area contributed by atoms with Crippen molar-refractivity contribution in [2.75, 3.05) is 0 Å². The minimum absolute atomic E-state index is 0.479. The van der Waals surface area contributed by atoms with E-state index >= 15 is 0 Å². The Hall–Kier alpha value is -6.90. The van der Waals surface area contributed by atoms with Crippen molar-refractivity contribution in [2.24, 2.45) is 11.8 Å². The van der Waals surface area contributed by atoms with Crippen LogP contribution in [0.15, 0.2) is 157 Å².